The van der Waals surface area contributed by atoms with Crippen molar-refractivity contribution in [1.82, 2.24) is 9.55 Å². The smallest absolute Gasteiger partial charge is 0.227 e. The Morgan fingerprint density at radius 3 is 2.66 bits per heavy atom. The Balaban J connectivity index is 1.31. The third-order valence-electron chi connectivity index (χ3n) is 7.08. The van der Waals surface area contributed by atoms with Crippen LogP contribution in [0.4, 0.5) is 5.69 Å². The highest BCUT2D eigenvalue weighted by Gasteiger charge is 2.35. The lowest BCUT2D eigenvalue weighted by Gasteiger charge is -2.20. The van der Waals surface area contributed by atoms with Crippen molar-refractivity contribution in [2.75, 3.05) is 18.1 Å². The van der Waals surface area contributed by atoms with Gasteiger partial charge in [-0.05, 0) is 80.6 Å². The van der Waals surface area contributed by atoms with Gasteiger partial charge in [-0.2, -0.15) is 0 Å². The molecule has 35 heavy (non-hydrogen) atoms. The van der Waals surface area contributed by atoms with Crippen molar-refractivity contribution in [2.24, 2.45) is 0 Å². The molecule has 5 nitrogen and oxygen atoms in total. The molecule has 1 unspecified atom stereocenters. The first-order valence-corrected chi connectivity index (χ1v) is 12.5. The number of para-hydroxylation sites is 2. The number of aromatic nitrogens is 2. The van der Waals surface area contributed by atoms with Crippen LogP contribution in [0.2, 0.25) is 0 Å². The number of hydrogen-bond acceptors (Lipinski definition) is 3. The Kier molecular flexibility index (Phi) is 6.58. The van der Waals surface area contributed by atoms with Gasteiger partial charge >= 0.3 is 0 Å². The SMILES string of the molecule is Cc1cccc(OCCCCn2c(C3CC(=O)N(c4cccc(C)c4C)C3)nc3ccccc32)c1. The number of hydrogen-bond donors (Lipinski definition) is 0. The topological polar surface area (TPSA) is 47.4 Å². The van der Waals surface area contributed by atoms with Crippen LogP contribution in [0.5, 0.6) is 5.75 Å². The summed E-state index contributed by atoms with van der Waals surface area (Å²) >= 11 is 0. The van der Waals surface area contributed by atoms with Gasteiger partial charge < -0.3 is 14.2 Å². The van der Waals surface area contributed by atoms with E-state index in [0.717, 1.165) is 47.7 Å². The van der Waals surface area contributed by atoms with E-state index in [2.05, 4.69) is 67.8 Å². The number of rotatable bonds is 8. The lowest BCUT2D eigenvalue weighted by Crippen LogP contribution is -2.25. The number of benzene rings is 3. The molecule has 180 valence electrons. The molecule has 3 aromatic carbocycles. The van der Waals surface area contributed by atoms with Crippen LogP contribution in [0.15, 0.2) is 66.7 Å². The number of carbonyl (C=O) groups excluding carboxylic acids is 1. The van der Waals surface area contributed by atoms with Crippen LogP contribution in [0.3, 0.4) is 0 Å². The minimum Gasteiger partial charge on any atom is -0.494 e. The highest BCUT2D eigenvalue weighted by Crippen LogP contribution is 2.35. The van der Waals surface area contributed by atoms with Crippen molar-refractivity contribution in [1.29, 1.82) is 0 Å². The summed E-state index contributed by atoms with van der Waals surface area (Å²) in [6.45, 7) is 8.49. The minimum atomic E-state index is 0.0818. The number of nitrogens with zero attached hydrogens (tertiary/aromatic N) is 3. The van der Waals surface area contributed by atoms with Crippen molar-refractivity contribution in [2.45, 2.75) is 52.5 Å². The van der Waals surface area contributed by atoms with E-state index in [1.165, 1.54) is 16.7 Å². The zero-order valence-corrected chi connectivity index (χ0v) is 20.8. The van der Waals surface area contributed by atoms with Crippen molar-refractivity contribution in [3.05, 3.63) is 89.2 Å². The molecule has 1 amide bonds. The van der Waals surface area contributed by atoms with Crippen LogP contribution in [-0.2, 0) is 11.3 Å². The van der Waals surface area contributed by atoms with Crippen molar-refractivity contribution in [3.63, 3.8) is 0 Å². The Hall–Kier alpha value is -3.60. The highest BCUT2D eigenvalue weighted by atomic mass is 16.5. The Bertz CT molecular complexity index is 1360. The molecule has 0 aliphatic carbocycles. The molecule has 0 saturated carbocycles. The fourth-order valence-corrected chi connectivity index (χ4v) is 5.05. The van der Waals surface area contributed by atoms with E-state index in [1.807, 2.05) is 29.2 Å². The molecule has 1 saturated heterocycles. The third kappa shape index (κ3) is 4.81. The van der Waals surface area contributed by atoms with Crippen molar-refractivity contribution >= 4 is 22.6 Å². The molecule has 5 rings (SSSR count). The second-order valence-corrected chi connectivity index (χ2v) is 9.61. The molecule has 0 radical (unpaired) electrons. The monoisotopic (exact) mass is 467 g/mol. The first-order chi connectivity index (χ1) is 17.0. The largest absolute Gasteiger partial charge is 0.494 e. The van der Waals surface area contributed by atoms with Crippen LogP contribution < -0.4 is 9.64 Å². The third-order valence-corrected chi connectivity index (χ3v) is 7.08. The van der Waals surface area contributed by atoms with Gasteiger partial charge in [-0.1, -0.05) is 36.4 Å². The highest BCUT2D eigenvalue weighted by molar-refractivity contribution is 5.97. The number of ether oxygens (including phenoxy) is 1. The summed E-state index contributed by atoms with van der Waals surface area (Å²) in [6.07, 6.45) is 2.44. The van der Waals surface area contributed by atoms with Crippen LogP contribution >= 0.6 is 0 Å². The number of amides is 1. The van der Waals surface area contributed by atoms with Gasteiger partial charge in [-0.25, -0.2) is 4.98 Å². The Labute approximate surface area is 207 Å². The zero-order valence-electron chi connectivity index (χ0n) is 20.8. The van der Waals surface area contributed by atoms with E-state index < -0.39 is 0 Å². The molecule has 2 heterocycles. The standard InChI is InChI=1S/C30H33N3O2/c1-21-10-8-12-25(18-21)35-17-7-6-16-32-28-14-5-4-13-26(28)31-30(32)24-19-29(34)33(20-24)27-15-9-11-22(2)23(27)3/h4-5,8-15,18,24H,6-7,16-17,19-20H2,1-3H3. The lowest BCUT2D eigenvalue weighted by atomic mass is 10.1. The number of carbonyl (C=O) groups is 1. The molecule has 1 fully saturated rings. The average Bonchev–Trinajstić information content (AvgIpc) is 3.41. The number of aryl methyl sites for hydroxylation is 3. The Morgan fingerprint density at radius 2 is 1.80 bits per heavy atom. The van der Waals surface area contributed by atoms with E-state index >= 15 is 0 Å². The summed E-state index contributed by atoms with van der Waals surface area (Å²) in [5, 5.41) is 0. The molecule has 0 N–H and O–H groups in total. The van der Waals surface area contributed by atoms with E-state index in [9.17, 15) is 4.79 Å². The zero-order chi connectivity index (χ0) is 24.4. The lowest BCUT2D eigenvalue weighted by molar-refractivity contribution is -0.117. The summed E-state index contributed by atoms with van der Waals surface area (Å²) in [6, 6.07) is 22.7. The molecule has 1 aromatic heterocycles. The maximum Gasteiger partial charge on any atom is 0.227 e. The first-order valence-electron chi connectivity index (χ1n) is 12.5. The fourth-order valence-electron chi connectivity index (χ4n) is 5.05. The Morgan fingerprint density at radius 1 is 0.971 bits per heavy atom. The number of fused-ring (bicyclic) bond motifs is 1. The van der Waals surface area contributed by atoms with Gasteiger partial charge in [0.05, 0.1) is 17.6 Å². The molecule has 0 bridgehead atoms. The molecular formula is C30H33N3O2. The summed E-state index contributed by atoms with van der Waals surface area (Å²) < 4.78 is 8.27. The van der Waals surface area contributed by atoms with Crippen LogP contribution in [-0.4, -0.2) is 28.6 Å². The van der Waals surface area contributed by atoms with Gasteiger partial charge in [0.2, 0.25) is 5.91 Å². The number of unbranched alkanes of at least 4 members (excludes halogenated alkanes) is 1. The second kappa shape index (κ2) is 9.95. The van der Waals surface area contributed by atoms with Gasteiger partial charge in [0.15, 0.2) is 0 Å². The quantitative estimate of drug-likeness (QED) is 0.284. The molecular weight excluding hydrogens is 434 g/mol. The molecule has 0 spiro atoms. The van der Waals surface area contributed by atoms with Gasteiger partial charge in [0.25, 0.3) is 0 Å². The summed E-state index contributed by atoms with van der Waals surface area (Å²) in [5.41, 5.74) is 6.74. The minimum absolute atomic E-state index is 0.0818. The maximum absolute atomic E-state index is 13.1. The second-order valence-electron chi connectivity index (χ2n) is 9.61. The molecule has 5 heteroatoms. The predicted molar refractivity (Wildman–Crippen MR) is 141 cm³/mol. The molecule has 1 aliphatic heterocycles. The van der Waals surface area contributed by atoms with Crippen molar-refractivity contribution in [3.8, 4) is 5.75 Å². The van der Waals surface area contributed by atoms with Crippen LogP contribution in [0.1, 0.15) is 47.7 Å². The van der Waals surface area contributed by atoms with E-state index in [1.54, 1.807) is 0 Å². The van der Waals surface area contributed by atoms with Crippen molar-refractivity contribution < 1.29 is 9.53 Å². The fraction of sp³-hybridized carbons (Fsp3) is 0.333. The van der Waals surface area contributed by atoms with E-state index in [4.69, 9.17) is 9.72 Å². The average molecular weight is 468 g/mol. The first kappa shape index (κ1) is 23.2. The molecule has 4 aromatic rings. The summed E-state index contributed by atoms with van der Waals surface area (Å²) in [7, 11) is 0. The van der Waals surface area contributed by atoms with Crippen LogP contribution in [0, 0.1) is 20.8 Å². The van der Waals surface area contributed by atoms with Gasteiger partial charge in [-0.3, -0.25) is 4.79 Å². The van der Waals surface area contributed by atoms with Gasteiger partial charge in [0, 0.05) is 31.1 Å². The molecule has 1 atom stereocenters. The molecule has 1 aliphatic rings. The van der Waals surface area contributed by atoms with E-state index in [0.29, 0.717) is 19.6 Å². The predicted octanol–water partition coefficient (Wildman–Crippen LogP) is 6.34. The van der Waals surface area contributed by atoms with E-state index in [-0.39, 0.29) is 11.8 Å². The summed E-state index contributed by atoms with van der Waals surface area (Å²) in [4.78, 5) is 20.0. The maximum atomic E-state index is 13.1. The number of imidazole rings is 1. The summed E-state index contributed by atoms with van der Waals surface area (Å²) in [5.74, 6) is 2.20. The normalized spacial score (nSPS) is 15.8. The number of anilines is 1. The van der Waals surface area contributed by atoms with Gasteiger partial charge in [0.1, 0.15) is 11.6 Å². The van der Waals surface area contributed by atoms with Gasteiger partial charge in [-0.15, -0.1) is 0 Å². The van der Waals surface area contributed by atoms with Crippen LogP contribution in [0.25, 0.3) is 11.0 Å².